The Labute approximate surface area is 134 Å². The maximum Gasteiger partial charge on any atom is 0.272 e. The number of likely N-dealkylation sites (tertiary alicyclic amines) is 1. The van der Waals surface area contributed by atoms with E-state index in [0.717, 1.165) is 12.0 Å². The summed E-state index contributed by atoms with van der Waals surface area (Å²) in [6, 6.07) is 9.41. The van der Waals surface area contributed by atoms with E-state index in [9.17, 15) is 4.79 Å². The predicted molar refractivity (Wildman–Crippen MR) is 86.7 cm³/mol. The SMILES string of the molecule is CC1CC(CN)CN1C(=O)c1cc(-c2ccccc2Cl)n[nH]1. The van der Waals surface area contributed by atoms with Crippen molar-refractivity contribution in [1.29, 1.82) is 0 Å². The highest BCUT2D eigenvalue weighted by atomic mass is 35.5. The molecule has 1 saturated heterocycles. The third-order valence-corrected chi connectivity index (χ3v) is 4.54. The average molecular weight is 319 g/mol. The zero-order valence-corrected chi connectivity index (χ0v) is 13.2. The molecule has 2 heterocycles. The summed E-state index contributed by atoms with van der Waals surface area (Å²) in [7, 11) is 0. The zero-order valence-electron chi connectivity index (χ0n) is 12.4. The molecule has 116 valence electrons. The molecule has 3 N–H and O–H groups in total. The molecule has 1 aliphatic heterocycles. The molecular weight excluding hydrogens is 300 g/mol. The van der Waals surface area contributed by atoms with Crippen LogP contribution in [0.2, 0.25) is 5.02 Å². The first-order chi connectivity index (χ1) is 10.6. The lowest BCUT2D eigenvalue weighted by Crippen LogP contribution is -2.34. The van der Waals surface area contributed by atoms with Crippen molar-refractivity contribution in [2.24, 2.45) is 11.7 Å². The second-order valence-corrected chi connectivity index (χ2v) is 6.20. The van der Waals surface area contributed by atoms with Crippen LogP contribution in [-0.4, -0.2) is 40.1 Å². The molecule has 1 aromatic carbocycles. The minimum Gasteiger partial charge on any atom is -0.334 e. The number of carbonyl (C=O) groups excluding carboxylic acids is 1. The molecule has 2 aromatic rings. The lowest BCUT2D eigenvalue weighted by Gasteiger charge is -2.20. The smallest absolute Gasteiger partial charge is 0.272 e. The van der Waals surface area contributed by atoms with Gasteiger partial charge in [-0.3, -0.25) is 9.89 Å². The van der Waals surface area contributed by atoms with Gasteiger partial charge in [-0.25, -0.2) is 0 Å². The number of nitrogens with two attached hydrogens (primary N) is 1. The molecule has 22 heavy (non-hydrogen) atoms. The number of aromatic amines is 1. The van der Waals surface area contributed by atoms with Gasteiger partial charge in [-0.05, 0) is 37.9 Å². The van der Waals surface area contributed by atoms with Gasteiger partial charge < -0.3 is 10.6 Å². The van der Waals surface area contributed by atoms with Crippen molar-refractivity contribution in [3.63, 3.8) is 0 Å². The van der Waals surface area contributed by atoms with Crippen LogP contribution in [0, 0.1) is 5.92 Å². The van der Waals surface area contributed by atoms with Crippen LogP contribution in [-0.2, 0) is 0 Å². The van der Waals surface area contributed by atoms with Crippen molar-refractivity contribution in [1.82, 2.24) is 15.1 Å². The van der Waals surface area contributed by atoms with Crippen LogP contribution < -0.4 is 5.73 Å². The fourth-order valence-electron chi connectivity index (χ4n) is 2.99. The molecule has 0 spiro atoms. The van der Waals surface area contributed by atoms with Crippen LogP contribution in [0.25, 0.3) is 11.3 Å². The molecule has 0 aliphatic carbocycles. The summed E-state index contributed by atoms with van der Waals surface area (Å²) in [5, 5.41) is 7.67. The number of halogens is 1. The van der Waals surface area contributed by atoms with E-state index in [1.807, 2.05) is 23.1 Å². The van der Waals surface area contributed by atoms with Gasteiger partial charge in [0.05, 0.1) is 10.7 Å². The van der Waals surface area contributed by atoms with Crippen LogP contribution in [0.5, 0.6) is 0 Å². The summed E-state index contributed by atoms with van der Waals surface area (Å²) in [5.74, 6) is 0.346. The molecule has 0 radical (unpaired) electrons. The number of rotatable bonds is 3. The number of benzene rings is 1. The van der Waals surface area contributed by atoms with Crippen molar-refractivity contribution in [2.45, 2.75) is 19.4 Å². The van der Waals surface area contributed by atoms with E-state index in [4.69, 9.17) is 17.3 Å². The van der Waals surface area contributed by atoms with Gasteiger partial charge >= 0.3 is 0 Å². The fourth-order valence-corrected chi connectivity index (χ4v) is 3.22. The van der Waals surface area contributed by atoms with E-state index in [2.05, 4.69) is 17.1 Å². The molecule has 2 unspecified atom stereocenters. The summed E-state index contributed by atoms with van der Waals surface area (Å²) in [6.45, 7) is 3.37. The quantitative estimate of drug-likeness (QED) is 0.913. The molecule has 5 nitrogen and oxygen atoms in total. The molecule has 2 atom stereocenters. The molecule has 6 heteroatoms. The van der Waals surface area contributed by atoms with E-state index in [-0.39, 0.29) is 11.9 Å². The normalized spacial score (nSPS) is 21.3. The molecule has 3 rings (SSSR count). The number of hydrogen-bond acceptors (Lipinski definition) is 3. The molecule has 0 saturated carbocycles. The molecular formula is C16H19ClN4O. The van der Waals surface area contributed by atoms with Gasteiger partial charge in [0.1, 0.15) is 5.69 Å². The number of H-pyrrole nitrogens is 1. The van der Waals surface area contributed by atoms with Crippen molar-refractivity contribution in [3.8, 4) is 11.3 Å². The summed E-state index contributed by atoms with van der Waals surface area (Å²) in [6.07, 6.45) is 0.952. The largest absolute Gasteiger partial charge is 0.334 e. The van der Waals surface area contributed by atoms with Gasteiger partial charge in [0, 0.05) is 18.2 Å². The first kappa shape index (κ1) is 15.1. The highest BCUT2D eigenvalue weighted by Gasteiger charge is 2.32. The molecule has 1 aliphatic rings. The van der Waals surface area contributed by atoms with Crippen LogP contribution in [0.4, 0.5) is 0 Å². The lowest BCUT2D eigenvalue weighted by molar-refractivity contribution is 0.0737. The maximum absolute atomic E-state index is 12.6. The Morgan fingerprint density at radius 1 is 1.50 bits per heavy atom. The Balaban J connectivity index is 1.82. The van der Waals surface area contributed by atoms with Gasteiger partial charge in [-0.1, -0.05) is 29.8 Å². The summed E-state index contributed by atoms with van der Waals surface area (Å²) in [4.78, 5) is 14.5. The number of carbonyl (C=O) groups is 1. The fraction of sp³-hybridized carbons (Fsp3) is 0.375. The Bertz CT molecular complexity index is 684. The highest BCUT2D eigenvalue weighted by molar-refractivity contribution is 6.33. The van der Waals surface area contributed by atoms with E-state index in [1.165, 1.54) is 0 Å². The Hall–Kier alpha value is -1.85. The summed E-state index contributed by atoms with van der Waals surface area (Å²) >= 11 is 6.17. The van der Waals surface area contributed by atoms with E-state index >= 15 is 0 Å². The number of nitrogens with zero attached hydrogens (tertiary/aromatic N) is 2. The van der Waals surface area contributed by atoms with Crippen LogP contribution in [0.1, 0.15) is 23.8 Å². The van der Waals surface area contributed by atoms with Crippen LogP contribution in [0.15, 0.2) is 30.3 Å². The number of nitrogens with one attached hydrogen (secondary N) is 1. The van der Waals surface area contributed by atoms with Crippen molar-refractivity contribution in [2.75, 3.05) is 13.1 Å². The molecule has 1 fully saturated rings. The maximum atomic E-state index is 12.6. The number of amides is 1. The molecule has 1 aromatic heterocycles. The third-order valence-electron chi connectivity index (χ3n) is 4.21. The minimum absolute atomic E-state index is 0.0331. The number of aromatic nitrogens is 2. The van der Waals surface area contributed by atoms with E-state index < -0.39 is 0 Å². The Morgan fingerprint density at radius 2 is 2.27 bits per heavy atom. The minimum atomic E-state index is -0.0331. The van der Waals surface area contributed by atoms with E-state index in [1.54, 1.807) is 12.1 Å². The average Bonchev–Trinajstić information content (AvgIpc) is 3.14. The van der Waals surface area contributed by atoms with E-state index in [0.29, 0.717) is 35.4 Å². The van der Waals surface area contributed by atoms with Gasteiger partial charge in [0.15, 0.2) is 0 Å². The van der Waals surface area contributed by atoms with Crippen LogP contribution >= 0.6 is 11.6 Å². The molecule has 0 bridgehead atoms. The first-order valence-electron chi connectivity index (χ1n) is 7.41. The van der Waals surface area contributed by atoms with Gasteiger partial charge in [-0.2, -0.15) is 5.10 Å². The Morgan fingerprint density at radius 3 is 2.95 bits per heavy atom. The Kier molecular flexibility index (Phi) is 4.18. The lowest BCUT2D eigenvalue weighted by atomic mass is 10.1. The second-order valence-electron chi connectivity index (χ2n) is 5.79. The topological polar surface area (TPSA) is 75.0 Å². The third kappa shape index (κ3) is 2.74. The molecule has 1 amide bonds. The summed E-state index contributed by atoms with van der Waals surface area (Å²) in [5.41, 5.74) is 7.70. The van der Waals surface area contributed by atoms with Crippen molar-refractivity contribution < 1.29 is 4.79 Å². The van der Waals surface area contributed by atoms with Gasteiger partial charge in [0.2, 0.25) is 0 Å². The standard InChI is InChI=1S/C16H19ClN4O/c1-10-6-11(8-18)9-21(10)16(22)15-7-14(19-20-15)12-4-2-3-5-13(12)17/h2-5,7,10-11H,6,8-9,18H2,1H3,(H,19,20). The zero-order chi connectivity index (χ0) is 15.7. The summed E-state index contributed by atoms with van der Waals surface area (Å²) < 4.78 is 0. The van der Waals surface area contributed by atoms with Crippen molar-refractivity contribution >= 4 is 17.5 Å². The monoisotopic (exact) mass is 318 g/mol. The second kappa shape index (κ2) is 6.10. The highest BCUT2D eigenvalue weighted by Crippen LogP contribution is 2.28. The number of hydrogen-bond donors (Lipinski definition) is 2. The van der Waals surface area contributed by atoms with Gasteiger partial charge in [0.25, 0.3) is 5.91 Å². The van der Waals surface area contributed by atoms with Crippen molar-refractivity contribution in [3.05, 3.63) is 41.0 Å². The predicted octanol–water partition coefficient (Wildman–Crippen LogP) is 2.54. The first-order valence-corrected chi connectivity index (χ1v) is 7.79. The van der Waals surface area contributed by atoms with Crippen LogP contribution in [0.3, 0.4) is 0 Å². The van der Waals surface area contributed by atoms with Gasteiger partial charge in [-0.15, -0.1) is 0 Å².